The zero-order valence-corrected chi connectivity index (χ0v) is 31.5. The van der Waals surface area contributed by atoms with Gasteiger partial charge >= 0.3 is 0 Å². The summed E-state index contributed by atoms with van der Waals surface area (Å²) in [5.74, 6) is 0. The molecule has 0 spiro atoms. The van der Waals surface area contributed by atoms with Gasteiger partial charge in [-0.1, -0.05) is 194 Å². The second-order valence-electron chi connectivity index (χ2n) is 14.0. The van der Waals surface area contributed by atoms with Crippen molar-refractivity contribution in [3.05, 3.63) is 224 Å². The van der Waals surface area contributed by atoms with Crippen LogP contribution in [0, 0.1) is 0 Å². The topological polar surface area (TPSA) is 3.24 Å². The van der Waals surface area contributed by atoms with Gasteiger partial charge in [0.15, 0.2) is 0 Å². The number of nitrogens with zero attached hydrogens (tertiary/aromatic N) is 1. The van der Waals surface area contributed by atoms with Crippen LogP contribution in [-0.4, -0.2) is 0 Å². The second kappa shape index (κ2) is 14.7. The number of para-hydroxylation sites is 1. The van der Waals surface area contributed by atoms with Crippen molar-refractivity contribution in [2.75, 3.05) is 4.90 Å². The van der Waals surface area contributed by atoms with Gasteiger partial charge in [0.1, 0.15) is 0 Å². The molecule has 10 aromatic rings. The molecular formula is C54H37NS. The van der Waals surface area contributed by atoms with Crippen molar-refractivity contribution in [3.63, 3.8) is 0 Å². The third kappa shape index (κ3) is 6.07. The fraction of sp³-hybridized carbons (Fsp3) is 0. The number of rotatable bonds is 8. The lowest BCUT2D eigenvalue weighted by atomic mass is 9.87. The molecule has 0 unspecified atom stereocenters. The van der Waals surface area contributed by atoms with E-state index in [2.05, 4.69) is 229 Å². The molecule has 0 N–H and O–H groups in total. The lowest BCUT2D eigenvalue weighted by Crippen LogP contribution is -2.13. The summed E-state index contributed by atoms with van der Waals surface area (Å²) in [6, 6.07) is 81.5. The van der Waals surface area contributed by atoms with Crippen LogP contribution in [0.4, 0.5) is 17.1 Å². The van der Waals surface area contributed by atoms with Crippen molar-refractivity contribution < 1.29 is 0 Å². The summed E-state index contributed by atoms with van der Waals surface area (Å²) in [4.78, 5) is 2.53. The molecule has 0 atom stereocenters. The number of anilines is 3. The van der Waals surface area contributed by atoms with Crippen LogP contribution in [0.2, 0.25) is 0 Å². The van der Waals surface area contributed by atoms with Crippen LogP contribution in [0.25, 0.3) is 75.8 Å². The van der Waals surface area contributed by atoms with E-state index in [1.807, 2.05) is 11.3 Å². The minimum absolute atomic E-state index is 1.12. The highest BCUT2D eigenvalue weighted by Crippen LogP contribution is 2.52. The maximum Gasteiger partial charge on any atom is 0.0555 e. The number of benzene rings is 9. The van der Waals surface area contributed by atoms with Crippen LogP contribution >= 0.6 is 11.3 Å². The minimum Gasteiger partial charge on any atom is -0.309 e. The molecule has 1 heterocycles. The third-order valence-corrected chi connectivity index (χ3v) is 11.9. The first-order valence-corrected chi connectivity index (χ1v) is 19.9. The van der Waals surface area contributed by atoms with E-state index >= 15 is 0 Å². The standard InChI is InChI=1S/C54H37NS/c1-4-18-38(19-5-1)39-34-36-42(37-35-39)44-25-12-14-29-48(44)55(50-31-17-33-52-54(50)47-27-13-15-32-51(47)56-52)49-30-16-28-45(41-22-8-3-9-23-41)53(49)46-26-11-10-24-43(46)40-20-6-2-7-21-40/h1-37H. The monoisotopic (exact) mass is 731 g/mol. The molecule has 0 aliphatic carbocycles. The molecule has 264 valence electrons. The van der Waals surface area contributed by atoms with Gasteiger partial charge in [-0.25, -0.2) is 0 Å². The highest BCUT2D eigenvalue weighted by Gasteiger charge is 2.26. The van der Waals surface area contributed by atoms with Crippen molar-refractivity contribution in [1.29, 1.82) is 0 Å². The van der Waals surface area contributed by atoms with Crippen molar-refractivity contribution in [2.45, 2.75) is 0 Å². The summed E-state index contributed by atoms with van der Waals surface area (Å²) >= 11 is 1.86. The predicted octanol–water partition coefficient (Wildman–Crippen LogP) is 15.9. The first-order chi connectivity index (χ1) is 27.8. The summed E-state index contributed by atoms with van der Waals surface area (Å²) in [6.45, 7) is 0. The first-order valence-electron chi connectivity index (χ1n) is 19.1. The molecule has 10 rings (SSSR count). The number of hydrogen-bond donors (Lipinski definition) is 0. The molecule has 0 saturated heterocycles. The summed E-state index contributed by atoms with van der Waals surface area (Å²) < 4.78 is 2.55. The maximum absolute atomic E-state index is 2.53. The molecule has 2 heteroatoms. The Morgan fingerprint density at radius 1 is 0.268 bits per heavy atom. The third-order valence-electron chi connectivity index (χ3n) is 10.7. The van der Waals surface area contributed by atoms with Gasteiger partial charge in [-0.15, -0.1) is 11.3 Å². The van der Waals surface area contributed by atoms with Crippen molar-refractivity contribution >= 4 is 48.6 Å². The molecule has 1 nitrogen and oxygen atoms in total. The number of fused-ring (bicyclic) bond motifs is 3. The summed E-state index contributed by atoms with van der Waals surface area (Å²) in [5.41, 5.74) is 15.2. The molecule has 0 aliphatic heterocycles. The molecule has 1 aromatic heterocycles. The zero-order chi connectivity index (χ0) is 37.3. The molecule has 0 bridgehead atoms. The molecule has 0 amide bonds. The molecular weight excluding hydrogens is 695 g/mol. The van der Waals surface area contributed by atoms with E-state index in [4.69, 9.17) is 0 Å². The average molecular weight is 732 g/mol. The van der Waals surface area contributed by atoms with Gasteiger partial charge in [0, 0.05) is 31.3 Å². The van der Waals surface area contributed by atoms with E-state index in [0.717, 1.165) is 28.2 Å². The summed E-state index contributed by atoms with van der Waals surface area (Å²) in [5, 5.41) is 2.53. The lowest BCUT2D eigenvalue weighted by molar-refractivity contribution is 1.30. The van der Waals surface area contributed by atoms with Crippen LogP contribution < -0.4 is 4.90 Å². The van der Waals surface area contributed by atoms with Crippen molar-refractivity contribution in [3.8, 4) is 55.6 Å². The van der Waals surface area contributed by atoms with Gasteiger partial charge in [0.05, 0.1) is 17.1 Å². The van der Waals surface area contributed by atoms with Gasteiger partial charge in [-0.05, 0) is 74.8 Å². The quantitative estimate of drug-likeness (QED) is 0.150. The fourth-order valence-electron chi connectivity index (χ4n) is 8.16. The Labute approximate surface area is 332 Å². The van der Waals surface area contributed by atoms with E-state index < -0.39 is 0 Å². The van der Waals surface area contributed by atoms with Gasteiger partial charge in [-0.3, -0.25) is 0 Å². The van der Waals surface area contributed by atoms with Crippen molar-refractivity contribution in [2.24, 2.45) is 0 Å². The van der Waals surface area contributed by atoms with E-state index in [1.54, 1.807) is 0 Å². The molecule has 0 fully saturated rings. The highest BCUT2D eigenvalue weighted by atomic mass is 32.1. The van der Waals surface area contributed by atoms with Crippen LogP contribution in [-0.2, 0) is 0 Å². The predicted molar refractivity (Wildman–Crippen MR) is 241 cm³/mol. The van der Waals surface area contributed by atoms with Gasteiger partial charge in [0.2, 0.25) is 0 Å². The molecule has 9 aromatic carbocycles. The van der Waals surface area contributed by atoms with Gasteiger partial charge in [-0.2, -0.15) is 0 Å². The maximum atomic E-state index is 2.53. The van der Waals surface area contributed by atoms with Crippen molar-refractivity contribution in [1.82, 2.24) is 0 Å². The molecule has 0 saturated carbocycles. The Bertz CT molecular complexity index is 2950. The number of thiophene rings is 1. The first kappa shape index (κ1) is 33.6. The fourth-order valence-corrected chi connectivity index (χ4v) is 9.28. The second-order valence-corrected chi connectivity index (χ2v) is 15.1. The largest absolute Gasteiger partial charge is 0.309 e. The summed E-state index contributed by atoms with van der Waals surface area (Å²) in [7, 11) is 0. The molecule has 0 aliphatic rings. The van der Waals surface area contributed by atoms with E-state index in [0.29, 0.717) is 0 Å². The molecule has 0 radical (unpaired) electrons. The lowest BCUT2D eigenvalue weighted by Gasteiger charge is -2.32. The van der Waals surface area contributed by atoms with Gasteiger partial charge < -0.3 is 4.90 Å². The van der Waals surface area contributed by atoms with E-state index in [9.17, 15) is 0 Å². The Morgan fingerprint density at radius 2 is 0.714 bits per heavy atom. The minimum atomic E-state index is 1.12. The zero-order valence-electron chi connectivity index (χ0n) is 30.7. The Morgan fingerprint density at radius 3 is 1.45 bits per heavy atom. The van der Waals surface area contributed by atoms with E-state index in [1.165, 1.54) is 64.7 Å². The van der Waals surface area contributed by atoms with E-state index in [-0.39, 0.29) is 0 Å². The Hall–Kier alpha value is -7.00. The van der Waals surface area contributed by atoms with Crippen LogP contribution in [0.15, 0.2) is 224 Å². The average Bonchev–Trinajstić information content (AvgIpc) is 3.67. The van der Waals surface area contributed by atoms with Crippen LogP contribution in [0.1, 0.15) is 0 Å². The van der Waals surface area contributed by atoms with Crippen LogP contribution in [0.5, 0.6) is 0 Å². The highest BCUT2D eigenvalue weighted by molar-refractivity contribution is 7.26. The van der Waals surface area contributed by atoms with Crippen LogP contribution in [0.3, 0.4) is 0 Å². The Kier molecular flexibility index (Phi) is 8.79. The number of hydrogen-bond acceptors (Lipinski definition) is 2. The SMILES string of the molecule is c1ccc(-c2ccc(-c3ccccc3N(c3cccc(-c4ccccc4)c3-c3ccccc3-c3ccccc3)c3cccc4sc5ccccc5c34)cc2)cc1. The normalized spacial score (nSPS) is 11.2. The Balaban J connectivity index is 1.29. The van der Waals surface area contributed by atoms with Gasteiger partial charge in [0.25, 0.3) is 0 Å². The summed E-state index contributed by atoms with van der Waals surface area (Å²) in [6.07, 6.45) is 0. The molecule has 56 heavy (non-hydrogen) atoms. The smallest absolute Gasteiger partial charge is 0.0555 e.